The van der Waals surface area contributed by atoms with E-state index >= 15 is 4.39 Å². The molecule has 1 aliphatic rings. The molecule has 10 nitrogen and oxygen atoms in total. The fourth-order valence-electron chi connectivity index (χ4n) is 4.63. The lowest BCUT2D eigenvalue weighted by Crippen LogP contribution is -2.32. The third-order valence-electron chi connectivity index (χ3n) is 7.01. The van der Waals surface area contributed by atoms with E-state index in [1.165, 1.54) is 30.3 Å². The van der Waals surface area contributed by atoms with E-state index in [0.29, 0.717) is 30.1 Å². The number of rotatable bonds is 9. The molecule has 0 bridgehead atoms. The summed E-state index contributed by atoms with van der Waals surface area (Å²) >= 11 is 0. The normalized spacial score (nSPS) is 14.3. The summed E-state index contributed by atoms with van der Waals surface area (Å²) in [5.41, 5.74) is 1.16. The maximum Gasteiger partial charge on any atom is 0.354 e. The molecule has 1 aliphatic heterocycles. The van der Waals surface area contributed by atoms with Gasteiger partial charge >= 0.3 is 12.0 Å². The topological polar surface area (TPSA) is 136 Å². The molecule has 3 aromatic heterocycles. The van der Waals surface area contributed by atoms with Crippen molar-refractivity contribution in [2.24, 2.45) is 0 Å². The monoisotopic (exact) mass is 586 g/mol. The van der Waals surface area contributed by atoms with Gasteiger partial charge in [0, 0.05) is 24.2 Å². The molecule has 2 aromatic carbocycles. The quantitative estimate of drug-likeness (QED) is 0.257. The van der Waals surface area contributed by atoms with Gasteiger partial charge in [-0.05, 0) is 42.3 Å². The first kappa shape index (κ1) is 27.8. The number of hydrogen-bond donors (Lipinski definition) is 1. The third kappa shape index (κ3) is 5.73. The summed E-state index contributed by atoms with van der Waals surface area (Å²) in [5, 5.41) is 18.3. The second-order valence-electron chi connectivity index (χ2n) is 9.80. The first-order valence-corrected chi connectivity index (χ1v) is 13.1. The molecule has 1 saturated heterocycles. The van der Waals surface area contributed by atoms with Crippen LogP contribution >= 0.6 is 0 Å². The van der Waals surface area contributed by atoms with E-state index in [0.717, 1.165) is 24.8 Å². The van der Waals surface area contributed by atoms with Gasteiger partial charge in [0.1, 0.15) is 35.3 Å². The zero-order valence-corrected chi connectivity index (χ0v) is 22.3. The van der Waals surface area contributed by atoms with Crippen LogP contribution in [0, 0.1) is 28.8 Å². The number of nitriles is 1. The predicted molar refractivity (Wildman–Crippen MR) is 144 cm³/mol. The van der Waals surface area contributed by atoms with Crippen LogP contribution in [0.3, 0.4) is 0 Å². The van der Waals surface area contributed by atoms with Crippen molar-refractivity contribution in [3.63, 3.8) is 0 Å². The lowest BCUT2D eigenvalue weighted by molar-refractivity contribution is -0.0590. The van der Waals surface area contributed by atoms with Crippen molar-refractivity contribution >= 4 is 17.1 Å². The number of halogens is 3. The second kappa shape index (κ2) is 11.5. The molecular weight excluding hydrogens is 565 g/mol. The molecule has 0 unspecified atom stereocenters. The first-order valence-electron chi connectivity index (χ1n) is 13.1. The molecule has 4 heterocycles. The van der Waals surface area contributed by atoms with Gasteiger partial charge in [-0.15, -0.1) is 0 Å². The molecule has 0 radical (unpaired) electrons. The Balaban J connectivity index is 1.25. The minimum atomic E-state index is -1.18. The Kier molecular flexibility index (Phi) is 7.43. The maximum absolute atomic E-state index is 15.4. The lowest BCUT2D eigenvalue weighted by Gasteiger charge is -2.27. The fourth-order valence-corrected chi connectivity index (χ4v) is 4.63. The second-order valence-corrected chi connectivity index (χ2v) is 9.80. The fraction of sp³-hybridized carbons (Fsp3) is 0.200. The number of pyridine rings is 1. The van der Waals surface area contributed by atoms with Gasteiger partial charge in [0.25, 0.3) is 0 Å². The van der Waals surface area contributed by atoms with E-state index < -0.39 is 23.4 Å². The maximum atomic E-state index is 15.4. The summed E-state index contributed by atoms with van der Waals surface area (Å²) < 4.78 is 57.0. The average Bonchev–Trinajstić information content (AvgIpc) is 3.31. The minimum Gasteiger partial charge on any atom is -0.477 e. The van der Waals surface area contributed by atoms with Crippen LogP contribution in [0.1, 0.15) is 39.4 Å². The largest absolute Gasteiger partial charge is 0.477 e. The molecule has 0 saturated carbocycles. The van der Waals surface area contributed by atoms with Crippen molar-refractivity contribution in [3.05, 3.63) is 100 Å². The molecule has 216 valence electrons. The standard InChI is InChI=1S/C30H21F3N6O4/c31-21-9-16(12-34)1-2-19(21)15-43-30-35-13-23(33)27(38-30)18-4-3-17(22(32)10-18)11-26-36-24-5-6-25(29(40)41)37-28(24)39(26)14-20-7-8-42-20/h1-6,9-10,13,20H,7-8,11,14-15H2,(H,40,41)/t20-/m0/s1. The van der Waals surface area contributed by atoms with Gasteiger partial charge in [0.05, 0.1) is 30.5 Å². The van der Waals surface area contributed by atoms with Crippen molar-refractivity contribution in [1.29, 1.82) is 5.26 Å². The average molecular weight is 587 g/mol. The van der Waals surface area contributed by atoms with Gasteiger partial charge in [-0.1, -0.05) is 18.2 Å². The van der Waals surface area contributed by atoms with Gasteiger partial charge in [-0.2, -0.15) is 10.2 Å². The Labute approximate surface area is 242 Å². The number of fused-ring (bicyclic) bond motifs is 1. The number of benzene rings is 2. The highest BCUT2D eigenvalue weighted by atomic mass is 19.1. The van der Waals surface area contributed by atoms with Gasteiger partial charge in [-0.3, -0.25) is 0 Å². The van der Waals surface area contributed by atoms with Crippen LogP contribution in [-0.4, -0.2) is 48.3 Å². The third-order valence-corrected chi connectivity index (χ3v) is 7.01. The van der Waals surface area contributed by atoms with Gasteiger partial charge in [0.2, 0.25) is 0 Å². The molecule has 1 N–H and O–H groups in total. The summed E-state index contributed by atoms with van der Waals surface area (Å²) in [6.45, 7) is 0.726. The van der Waals surface area contributed by atoms with Crippen LogP contribution in [0.25, 0.3) is 22.4 Å². The van der Waals surface area contributed by atoms with Crippen molar-refractivity contribution in [2.45, 2.75) is 32.1 Å². The number of ether oxygens (including phenoxy) is 2. The molecule has 6 rings (SSSR count). The van der Waals surface area contributed by atoms with E-state index in [-0.39, 0.29) is 58.8 Å². The van der Waals surface area contributed by atoms with Crippen molar-refractivity contribution in [3.8, 4) is 23.3 Å². The lowest BCUT2D eigenvalue weighted by atomic mass is 10.1. The molecule has 0 aliphatic carbocycles. The molecule has 0 spiro atoms. The molecule has 13 heteroatoms. The number of imidazole rings is 1. The van der Waals surface area contributed by atoms with Crippen LogP contribution in [0.15, 0.2) is 54.7 Å². The Morgan fingerprint density at radius 2 is 1.84 bits per heavy atom. The number of aromatic carboxylic acids is 1. The summed E-state index contributed by atoms with van der Waals surface area (Å²) in [7, 11) is 0. The molecule has 5 aromatic rings. The highest BCUT2D eigenvalue weighted by Crippen LogP contribution is 2.27. The van der Waals surface area contributed by atoms with Gasteiger partial charge in [-0.25, -0.2) is 32.9 Å². The smallest absolute Gasteiger partial charge is 0.354 e. The number of aromatic nitrogens is 5. The number of carboxylic acid groups (broad SMARTS) is 1. The Hall–Kier alpha value is -5.35. The molecule has 1 fully saturated rings. The van der Waals surface area contributed by atoms with Crippen molar-refractivity contribution in [1.82, 2.24) is 24.5 Å². The van der Waals surface area contributed by atoms with Crippen molar-refractivity contribution < 1.29 is 32.5 Å². The van der Waals surface area contributed by atoms with Crippen LogP contribution in [0.4, 0.5) is 13.2 Å². The van der Waals surface area contributed by atoms with E-state index in [1.807, 2.05) is 6.07 Å². The van der Waals surface area contributed by atoms with E-state index in [2.05, 4.69) is 19.9 Å². The Bertz CT molecular complexity index is 1920. The first-order chi connectivity index (χ1) is 20.8. The van der Waals surface area contributed by atoms with E-state index in [9.17, 15) is 18.7 Å². The number of hydrogen-bond acceptors (Lipinski definition) is 8. The Morgan fingerprint density at radius 3 is 2.53 bits per heavy atom. The van der Waals surface area contributed by atoms with Crippen LogP contribution in [-0.2, 0) is 24.3 Å². The summed E-state index contributed by atoms with van der Waals surface area (Å²) in [4.78, 5) is 28.1. The molecule has 43 heavy (non-hydrogen) atoms. The summed E-state index contributed by atoms with van der Waals surface area (Å²) in [6.07, 6.45) is 1.65. The SMILES string of the molecule is N#Cc1ccc(COc2ncc(F)c(-c3ccc(Cc4nc5ccc(C(=O)O)nc5n4C[C@@H]4CCO4)c(F)c3)n2)c(F)c1. The highest BCUT2D eigenvalue weighted by molar-refractivity contribution is 5.88. The van der Waals surface area contributed by atoms with Gasteiger partial charge in [0.15, 0.2) is 17.2 Å². The molecular formula is C30H21F3N6O4. The van der Waals surface area contributed by atoms with E-state index in [4.69, 9.17) is 14.7 Å². The number of carboxylic acids is 1. The van der Waals surface area contributed by atoms with Crippen LogP contribution in [0.5, 0.6) is 6.01 Å². The van der Waals surface area contributed by atoms with Gasteiger partial charge < -0.3 is 19.1 Å². The number of carbonyl (C=O) groups is 1. The Morgan fingerprint density at radius 1 is 1.05 bits per heavy atom. The van der Waals surface area contributed by atoms with Crippen LogP contribution < -0.4 is 4.74 Å². The minimum absolute atomic E-state index is 0.0500. The summed E-state index contributed by atoms with van der Waals surface area (Å²) in [6, 6.07) is 12.5. The zero-order valence-electron chi connectivity index (χ0n) is 22.3. The predicted octanol–water partition coefficient (Wildman–Crippen LogP) is 4.83. The number of nitrogens with zero attached hydrogens (tertiary/aromatic N) is 6. The summed E-state index contributed by atoms with van der Waals surface area (Å²) in [5.74, 6) is -2.82. The van der Waals surface area contributed by atoms with E-state index in [1.54, 1.807) is 10.6 Å². The zero-order chi connectivity index (χ0) is 30.1. The molecule has 1 atom stereocenters. The highest BCUT2D eigenvalue weighted by Gasteiger charge is 2.24. The molecule has 0 amide bonds. The van der Waals surface area contributed by atoms with Crippen molar-refractivity contribution in [2.75, 3.05) is 6.61 Å². The van der Waals surface area contributed by atoms with Crippen LogP contribution in [0.2, 0.25) is 0 Å².